The normalized spacial score (nSPS) is 22.9. The second-order valence-electron chi connectivity index (χ2n) is 5.12. The molecule has 1 N–H and O–H groups in total. The molecule has 0 aromatic heterocycles. The lowest BCUT2D eigenvalue weighted by atomic mass is 9.94. The van der Waals surface area contributed by atoms with Gasteiger partial charge in [0.2, 0.25) is 5.91 Å². The standard InChI is InChI=1S/C15H19NO4/c1-4-16-12(17)8-20-14(15(18)19)13(16)11-6-9(2)5-10(3)7-11/h5-7,13-14H,4,8H2,1-3H3,(H,18,19). The predicted octanol–water partition coefficient (Wildman–Crippen LogP) is 1.68. The van der Waals surface area contributed by atoms with Gasteiger partial charge in [-0.1, -0.05) is 29.3 Å². The Bertz CT molecular complexity index is 518. The van der Waals surface area contributed by atoms with E-state index in [1.807, 2.05) is 39.0 Å². The average Bonchev–Trinajstić information content (AvgIpc) is 2.36. The van der Waals surface area contributed by atoms with Crippen molar-refractivity contribution < 1.29 is 19.4 Å². The summed E-state index contributed by atoms with van der Waals surface area (Å²) in [4.78, 5) is 24.9. The Balaban J connectivity index is 2.49. The number of aryl methyl sites for hydroxylation is 2. The summed E-state index contributed by atoms with van der Waals surface area (Å²) in [5.74, 6) is -1.21. The van der Waals surface area contributed by atoms with Gasteiger partial charge >= 0.3 is 5.97 Å². The van der Waals surface area contributed by atoms with Crippen molar-refractivity contribution >= 4 is 11.9 Å². The Hall–Kier alpha value is -1.88. The van der Waals surface area contributed by atoms with Gasteiger partial charge in [-0.2, -0.15) is 0 Å². The Labute approximate surface area is 118 Å². The topological polar surface area (TPSA) is 66.8 Å². The summed E-state index contributed by atoms with van der Waals surface area (Å²) in [6.45, 7) is 6.04. The highest BCUT2D eigenvalue weighted by molar-refractivity contribution is 5.83. The second-order valence-corrected chi connectivity index (χ2v) is 5.12. The summed E-state index contributed by atoms with van der Waals surface area (Å²) in [5.41, 5.74) is 2.89. The van der Waals surface area contributed by atoms with Gasteiger partial charge in [-0.25, -0.2) is 4.79 Å². The van der Waals surface area contributed by atoms with Crippen molar-refractivity contribution in [1.82, 2.24) is 4.90 Å². The maximum absolute atomic E-state index is 12.0. The minimum atomic E-state index is -1.04. The van der Waals surface area contributed by atoms with Crippen LogP contribution in [0.5, 0.6) is 0 Å². The number of morpholine rings is 1. The molecule has 0 aliphatic carbocycles. The maximum Gasteiger partial charge on any atom is 0.335 e. The van der Waals surface area contributed by atoms with Crippen molar-refractivity contribution in [2.75, 3.05) is 13.2 Å². The first kappa shape index (κ1) is 14.5. The number of likely N-dealkylation sites (N-methyl/N-ethyl adjacent to an activating group) is 1. The molecule has 1 aromatic carbocycles. The van der Waals surface area contributed by atoms with Gasteiger partial charge in [-0.05, 0) is 26.3 Å². The van der Waals surface area contributed by atoms with E-state index in [0.29, 0.717) is 6.54 Å². The molecule has 1 aromatic rings. The van der Waals surface area contributed by atoms with Gasteiger partial charge in [0.15, 0.2) is 6.10 Å². The lowest BCUT2D eigenvalue weighted by Crippen LogP contribution is -2.51. The molecule has 1 heterocycles. The number of hydrogen-bond donors (Lipinski definition) is 1. The first-order chi connectivity index (χ1) is 9.43. The lowest BCUT2D eigenvalue weighted by Gasteiger charge is -2.39. The third-order valence-electron chi connectivity index (χ3n) is 3.50. The van der Waals surface area contributed by atoms with Crippen LogP contribution in [0.2, 0.25) is 0 Å². The van der Waals surface area contributed by atoms with Crippen molar-refractivity contribution in [3.05, 3.63) is 34.9 Å². The van der Waals surface area contributed by atoms with E-state index in [1.54, 1.807) is 4.90 Å². The molecule has 1 amide bonds. The summed E-state index contributed by atoms with van der Waals surface area (Å²) in [5, 5.41) is 9.35. The fraction of sp³-hybridized carbons (Fsp3) is 0.467. The van der Waals surface area contributed by atoms with Crippen molar-refractivity contribution in [1.29, 1.82) is 0 Å². The molecule has 2 atom stereocenters. The number of amides is 1. The second kappa shape index (κ2) is 5.63. The minimum Gasteiger partial charge on any atom is -0.479 e. The number of ether oxygens (including phenoxy) is 1. The molecule has 0 saturated carbocycles. The van der Waals surface area contributed by atoms with Crippen molar-refractivity contribution in [2.24, 2.45) is 0 Å². The van der Waals surface area contributed by atoms with Crippen LogP contribution >= 0.6 is 0 Å². The van der Waals surface area contributed by atoms with Gasteiger partial charge < -0.3 is 14.7 Å². The molecule has 2 rings (SSSR count). The summed E-state index contributed by atoms with van der Waals surface area (Å²) < 4.78 is 5.24. The van der Waals surface area contributed by atoms with E-state index in [1.165, 1.54) is 0 Å². The fourth-order valence-electron chi connectivity index (χ4n) is 2.77. The molecule has 1 saturated heterocycles. The molecule has 5 heteroatoms. The Kier molecular flexibility index (Phi) is 4.09. The smallest absolute Gasteiger partial charge is 0.335 e. The molecule has 0 spiro atoms. The van der Waals surface area contributed by atoms with E-state index >= 15 is 0 Å². The van der Waals surface area contributed by atoms with Crippen LogP contribution in [0.3, 0.4) is 0 Å². The SMILES string of the molecule is CCN1C(=O)COC(C(=O)O)C1c1cc(C)cc(C)c1. The molecule has 5 nitrogen and oxygen atoms in total. The number of hydrogen-bond acceptors (Lipinski definition) is 3. The van der Waals surface area contributed by atoms with Gasteiger partial charge in [-0.3, -0.25) is 4.79 Å². The van der Waals surface area contributed by atoms with Crippen molar-refractivity contribution in [2.45, 2.75) is 32.9 Å². The third-order valence-corrected chi connectivity index (χ3v) is 3.50. The zero-order valence-electron chi connectivity index (χ0n) is 11.9. The summed E-state index contributed by atoms with van der Waals surface area (Å²) in [6.07, 6.45) is -1.02. The molecular formula is C15H19NO4. The Morgan fingerprint density at radius 3 is 2.45 bits per heavy atom. The molecule has 108 valence electrons. The number of aliphatic carboxylic acids is 1. The number of rotatable bonds is 3. The molecule has 1 aliphatic heterocycles. The zero-order valence-corrected chi connectivity index (χ0v) is 11.9. The lowest BCUT2D eigenvalue weighted by molar-refractivity contribution is -0.172. The van der Waals surface area contributed by atoms with Crippen LogP contribution < -0.4 is 0 Å². The van der Waals surface area contributed by atoms with Crippen molar-refractivity contribution in [3.8, 4) is 0 Å². The van der Waals surface area contributed by atoms with E-state index in [0.717, 1.165) is 16.7 Å². The molecule has 1 fully saturated rings. The van der Waals surface area contributed by atoms with E-state index in [2.05, 4.69) is 0 Å². The van der Waals surface area contributed by atoms with Crippen LogP contribution in [-0.2, 0) is 14.3 Å². The third kappa shape index (κ3) is 2.67. The first-order valence-electron chi connectivity index (χ1n) is 6.66. The average molecular weight is 277 g/mol. The number of nitrogens with zero attached hydrogens (tertiary/aromatic N) is 1. The van der Waals surface area contributed by atoms with Gasteiger partial charge in [0, 0.05) is 6.54 Å². The van der Waals surface area contributed by atoms with Crippen LogP contribution in [0.25, 0.3) is 0 Å². The highest BCUT2D eigenvalue weighted by atomic mass is 16.5. The maximum atomic E-state index is 12.0. The number of carbonyl (C=O) groups excluding carboxylic acids is 1. The summed E-state index contributed by atoms with van der Waals surface area (Å²) in [7, 11) is 0. The van der Waals surface area contributed by atoms with Crippen molar-refractivity contribution in [3.63, 3.8) is 0 Å². The molecule has 0 bridgehead atoms. The Morgan fingerprint density at radius 1 is 1.35 bits per heavy atom. The van der Waals surface area contributed by atoms with Gasteiger partial charge in [0.1, 0.15) is 6.61 Å². The molecule has 2 unspecified atom stereocenters. The van der Waals surface area contributed by atoms with Crippen LogP contribution in [0.1, 0.15) is 29.7 Å². The van der Waals surface area contributed by atoms with Crippen LogP contribution in [-0.4, -0.2) is 41.1 Å². The largest absolute Gasteiger partial charge is 0.479 e. The van der Waals surface area contributed by atoms with Gasteiger partial charge in [0.05, 0.1) is 6.04 Å². The van der Waals surface area contributed by atoms with Gasteiger partial charge in [-0.15, -0.1) is 0 Å². The molecule has 1 aliphatic rings. The fourth-order valence-corrected chi connectivity index (χ4v) is 2.77. The van der Waals surface area contributed by atoms with E-state index in [4.69, 9.17) is 4.74 Å². The quantitative estimate of drug-likeness (QED) is 0.912. The van der Waals surface area contributed by atoms with E-state index < -0.39 is 18.1 Å². The highest BCUT2D eigenvalue weighted by Gasteiger charge is 2.41. The summed E-state index contributed by atoms with van der Waals surface area (Å²) in [6, 6.07) is 5.27. The Morgan fingerprint density at radius 2 is 1.95 bits per heavy atom. The van der Waals surface area contributed by atoms with Crippen LogP contribution in [0, 0.1) is 13.8 Å². The zero-order chi connectivity index (χ0) is 14.9. The monoisotopic (exact) mass is 277 g/mol. The predicted molar refractivity (Wildman–Crippen MR) is 73.4 cm³/mol. The van der Waals surface area contributed by atoms with E-state index in [-0.39, 0.29) is 12.5 Å². The number of carboxylic acids is 1. The molecular weight excluding hydrogens is 258 g/mol. The molecule has 20 heavy (non-hydrogen) atoms. The van der Waals surface area contributed by atoms with E-state index in [9.17, 15) is 14.7 Å². The van der Waals surface area contributed by atoms with Crippen LogP contribution in [0.4, 0.5) is 0 Å². The number of benzene rings is 1. The minimum absolute atomic E-state index is 0.172. The summed E-state index contributed by atoms with van der Waals surface area (Å²) >= 11 is 0. The van der Waals surface area contributed by atoms with Crippen LogP contribution in [0.15, 0.2) is 18.2 Å². The first-order valence-corrected chi connectivity index (χ1v) is 6.66. The van der Waals surface area contributed by atoms with Gasteiger partial charge in [0.25, 0.3) is 0 Å². The highest BCUT2D eigenvalue weighted by Crippen LogP contribution is 2.31. The number of carbonyl (C=O) groups is 2. The molecule has 0 radical (unpaired) electrons. The number of carboxylic acid groups (broad SMARTS) is 1.